The fourth-order valence-corrected chi connectivity index (χ4v) is 4.18. The van der Waals surface area contributed by atoms with Gasteiger partial charge in [-0.2, -0.15) is 0 Å². The molecule has 1 aliphatic rings. The van der Waals surface area contributed by atoms with Gasteiger partial charge in [0, 0.05) is 6.42 Å². The predicted octanol–water partition coefficient (Wildman–Crippen LogP) is 5.30. The number of rotatable bonds is 6. The zero-order chi connectivity index (χ0) is 16.6. The Kier molecular flexibility index (Phi) is 4.91. The van der Waals surface area contributed by atoms with Gasteiger partial charge in [-0.1, -0.05) is 64.4 Å². The second kappa shape index (κ2) is 6.10. The van der Waals surface area contributed by atoms with Gasteiger partial charge in [0.15, 0.2) is 8.32 Å². The van der Waals surface area contributed by atoms with E-state index in [9.17, 15) is 5.11 Å². The number of benzene rings is 1. The maximum atomic E-state index is 10.8. The highest BCUT2D eigenvalue weighted by atomic mass is 28.4. The van der Waals surface area contributed by atoms with E-state index in [0.717, 1.165) is 19.3 Å². The Bertz CT molecular complexity index is 492. The van der Waals surface area contributed by atoms with E-state index in [1.54, 1.807) is 0 Å². The number of aliphatic hydroxyl groups is 1. The first kappa shape index (κ1) is 17.7. The smallest absolute Gasteiger partial charge is 0.192 e. The maximum Gasteiger partial charge on any atom is 0.192 e. The summed E-state index contributed by atoms with van der Waals surface area (Å²) in [6, 6.07) is 10.4. The monoisotopic (exact) mass is 320 g/mol. The molecule has 0 aliphatic heterocycles. The molecule has 0 amide bonds. The van der Waals surface area contributed by atoms with Gasteiger partial charge in [-0.3, -0.25) is 0 Å². The molecule has 0 aromatic heterocycles. The summed E-state index contributed by atoms with van der Waals surface area (Å²) in [5.74, 6) is 0.446. The largest absolute Gasteiger partial charge is 0.410 e. The van der Waals surface area contributed by atoms with Crippen LogP contribution in [-0.4, -0.2) is 19.0 Å². The van der Waals surface area contributed by atoms with Crippen molar-refractivity contribution >= 4 is 8.32 Å². The lowest BCUT2D eigenvalue weighted by Crippen LogP contribution is -2.42. The quantitative estimate of drug-likeness (QED) is 0.721. The number of hydrogen-bond donors (Lipinski definition) is 1. The van der Waals surface area contributed by atoms with Crippen molar-refractivity contribution < 1.29 is 9.53 Å². The van der Waals surface area contributed by atoms with Gasteiger partial charge in [0.05, 0.1) is 11.7 Å². The van der Waals surface area contributed by atoms with E-state index in [1.807, 2.05) is 6.07 Å². The van der Waals surface area contributed by atoms with Crippen molar-refractivity contribution in [3.8, 4) is 0 Å². The Morgan fingerprint density at radius 3 is 2.32 bits per heavy atom. The van der Waals surface area contributed by atoms with Crippen LogP contribution in [0.2, 0.25) is 18.1 Å². The van der Waals surface area contributed by atoms with Crippen LogP contribution in [0.15, 0.2) is 30.3 Å². The molecule has 1 aliphatic carbocycles. The molecule has 2 rings (SSSR count). The van der Waals surface area contributed by atoms with Crippen molar-refractivity contribution in [1.29, 1.82) is 0 Å². The number of hydrogen-bond acceptors (Lipinski definition) is 2. The van der Waals surface area contributed by atoms with Gasteiger partial charge in [0.2, 0.25) is 0 Å². The molecule has 1 N–H and O–H groups in total. The Balaban J connectivity index is 2.20. The predicted molar refractivity (Wildman–Crippen MR) is 95.4 cm³/mol. The molecule has 124 valence electrons. The first-order chi connectivity index (χ1) is 10.1. The molecule has 0 bridgehead atoms. The molecular formula is C19H32O2Si. The zero-order valence-electron chi connectivity index (χ0n) is 15.0. The summed E-state index contributed by atoms with van der Waals surface area (Å²) >= 11 is 0. The molecule has 3 atom stereocenters. The molecular weight excluding hydrogens is 288 g/mol. The van der Waals surface area contributed by atoms with Crippen molar-refractivity contribution in [2.75, 3.05) is 0 Å². The van der Waals surface area contributed by atoms with Crippen LogP contribution in [0.5, 0.6) is 0 Å². The minimum atomic E-state index is -1.87. The summed E-state index contributed by atoms with van der Waals surface area (Å²) in [4.78, 5) is 0. The average Bonchev–Trinajstić information content (AvgIpc) is 3.08. The lowest BCUT2D eigenvalue weighted by Gasteiger charge is -2.40. The van der Waals surface area contributed by atoms with Crippen LogP contribution >= 0.6 is 0 Å². The normalized spacial score (nSPS) is 26.8. The minimum absolute atomic E-state index is 0.00337. The third kappa shape index (κ3) is 3.81. The van der Waals surface area contributed by atoms with Gasteiger partial charge in [-0.15, -0.1) is 0 Å². The highest BCUT2D eigenvalue weighted by Gasteiger charge is 2.53. The summed E-state index contributed by atoms with van der Waals surface area (Å²) in [6.07, 6.45) is 2.71. The Morgan fingerprint density at radius 1 is 1.27 bits per heavy atom. The van der Waals surface area contributed by atoms with Crippen LogP contribution in [0.25, 0.3) is 0 Å². The first-order valence-electron chi connectivity index (χ1n) is 8.54. The van der Waals surface area contributed by atoms with Crippen molar-refractivity contribution in [1.82, 2.24) is 0 Å². The molecule has 2 nitrogen and oxygen atoms in total. The van der Waals surface area contributed by atoms with E-state index in [2.05, 4.69) is 65.1 Å². The highest BCUT2D eigenvalue weighted by Crippen LogP contribution is 2.52. The van der Waals surface area contributed by atoms with Gasteiger partial charge in [-0.25, -0.2) is 0 Å². The molecule has 0 saturated heterocycles. The lowest BCUT2D eigenvalue weighted by atomic mass is 10.0. The van der Waals surface area contributed by atoms with Crippen LogP contribution in [0.3, 0.4) is 0 Å². The Labute approximate surface area is 137 Å². The topological polar surface area (TPSA) is 29.5 Å². The molecule has 22 heavy (non-hydrogen) atoms. The fraction of sp³-hybridized carbons (Fsp3) is 0.684. The average molecular weight is 321 g/mol. The standard InChI is InChI=1S/C19H32O2Si/c1-7-16-13-19(16,20)14-17(15-11-9-8-10-12-15)21-22(5,6)18(2,3)4/h8-12,16-17,20H,7,13-14H2,1-6H3/t16-,17?,19+/m1/s1. The summed E-state index contributed by atoms with van der Waals surface area (Å²) in [5, 5.41) is 10.9. The Hall–Kier alpha value is -0.643. The van der Waals surface area contributed by atoms with E-state index in [0.29, 0.717) is 5.92 Å². The molecule has 1 saturated carbocycles. The molecule has 0 spiro atoms. The van der Waals surface area contributed by atoms with Crippen molar-refractivity contribution in [3.63, 3.8) is 0 Å². The second-order valence-corrected chi connectivity index (χ2v) is 13.2. The van der Waals surface area contributed by atoms with E-state index >= 15 is 0 Å². The highest BCUT2D eigenvalue weighted by molar-refractivity contribution is 6.74. The molecule has 3 heteroatoms. The van der Waals surface area contributed by atoms with Gasteiger partial charge >= 0.3 is 0 Å². The molecule has 1 fully saturated rings. The SMILES string of the molecule is CC[C@@H]1C[C@]1(O)CC(O[Si](C)(C)C(C)(C)C)c1ccccc1. The third-order valence-electron chi connectivity index (χ3n) is 5.65. The fourth-order valence-electron chi connectivity index (χ4n) is 2.89. The van der Waals surface area contributed by atoms with E-state index in [-0.39, 0.29) is 11.1 Å². The van der Waals surface area contributed by atoms with Gasteiger partial charge in [0.25, 0.3) is 0 Å². The summed E-state index contributed by atoms with van der Waals surface area (Å²) in [5.41, 5.74) is 0.681. The molecule has 1 unspecified atom stereocenters. The van der Waals surface area contributed by atoms with Crippen LogP contribution in [0.1, 0.15) is 58.6 Å². The van der Waals surface area contributed by atoms with Crippen LogP contribution in [-0.2, 0) is 4.43 Å². The first-order valence-corrected chi connectivity index (χ1v) is 11.4. The van der Waals surface area contributed by atoms with Crippen molar-refractivity contribution in [2.24, 2.45) is 5.92 Å². The van der Waals surface area contributed by atoms with E-state index in [1.165, 1.54) is 5.56 Å². The minimum Gasteiger partial charge on any atom is -0.410 e. The van der Waals surface area contributed by atoms with Gasteiger partial charge in [-0.05, 0) is 36.0 Å². The summed E-state index contributed by atoms with van der Waals surface area (Å²) in [6.45, 7) is 13.5. The zero-order valence-corrected chi connectivity index (χ0v) is 16.0. The van der Waals surface area contributed by atoms with Crippen LogP contribution in [0, 0.1) is 5.92 Å². The van der Waals surface area contributed by atoms with Gasteiger partial charge in [0.1, 0.15) is 0 Å². The van der Waals surface area contributed by atoms with E-state index < -0.39 is 13.9 Å². The molecule has 0 radical (unpaired) electrons. The molecule has 0 heterocycles. The van der Waals surface area contributed by atoms with Crippen molar-refractivity contribution in [3.05, 3.63) is 35.9 Å². The molecule has 1 aromatic rings. The third-order valence-corrected chi connectivity index (χ3v) is 10.1. The van der Waals surface area contributed by atoms with E-state index in [4.69, 9.17) is 4.43 Å². The Morgan fingerprint density at radius 2 is 1.86 bits per heavy atom. The summed E-state index contributed by atoms with van der Waals surface area (Å²) < 4.78 is 6.68. The maximum absolute atomic E-state index is 10.8. The van der Waals surface area contributed by atoms with Crippen LogP contribution in [0.4, 0.5) is 0 Å². The van der Waals surface area contributed by atoms with Crippen LogP contribution < -0.4 is 0 Å². The van der Waals surface area contributed by atoms with Gasteiger partial charge < -0.3 is 9.53 Å². The summed E-state index contributed by atoms with van der Waals surface area (Å²) in [7, 11) is -1.87. The second-order valence-electron chi connectivity index (χ2n) is 8.39. The lowest BCUT2D eigenvalue weighted by molar-refractivity contribution is 0.0574. The molecule has 1 aromatic carbocycles. The van der Waals surface area contributed by atoms with Crippen molar-refractivity contribution in [2.45, 2.75) is 76.8 Å².